The Kier molecular flexibility index (Phi) is 12.3. The molecule has 2 fully saturated rings. The lowest BCUT2D eigenvalue weighted by molar-refractivity contribution is -0.143. The number of amides is 7. The van der Waals surface area contributed by atoms with Crippen molar-refractivity contribution in [2.45, 2.75) is 89.3 Å². The first-order valence-corrected chi connectivity index (χ1v) is 17.7. The zero-order valence-electron chi connectivity index (χ0n) is 29.6. The van der Waals surface area contributed by atoms with Gasteiger partial charge in [0.05, 0.1) is 19.1 Å². The third kappa shape index (κ3) is 9.12. The summed E-state index contributed by atoms with van der Waals surface area (Å²) in [7, 11) is 0. The number of fused-ring (bicyclic) bond motifs is 2. The molecular formula is C37H47N7O8. The quantitative estimate of drug-likeness (QED) is 0.217. The maximum absolute atomic E-state index is 13.9. The third-order valence-electron chi connectivity index (χ3n) is 9.57. The molecule has 3 heterocycles. The van der Waals surface area contributed by atoms with E-state index in [9.17, 15) is 38.7 Å². The highest BCUT2D eigenvalue weighted by molar-refractivity contribution is 5.99. The van der Waals surface area contributed by atoms with Gasteiger partial charge < -0.3 is 41.5 Å². The molecule has 3 aliphatic heterocycles. The summed E-state index contributed by atoms with van der Waals surface area (Å²) in [6.07, 6.45) is -0.00578. The summed E-state index contributed by atoms with van der Waals surface area (Å²) in [4.78, 5) is 96.6. The monoisotopic (exact) mass is 717 g/mol. The topological polar surface area (TPSA) is 206 Å². The van der Waals surface area contributed by atoms with E-state index in [2.05, 4.69) is 26.6 Å². The lowest BCUT2D eigenvalue weighted by Gasteiger charge is -2.30. The van der Waals surface area contributed by atoms with Gasteiger partial charge in [-0.25, -0.2) is 0 Å². The maximum atomic E-state index is 13.9. The molecule has 5 rings (SSSR count). The smallest absolute Gasteiger partial charge is 0.254 e. The average molecular weight is 718 g/mol. The molecule has 0 saturated carbocycles. The van der Waals surface area contributed by atoms with Crippen molar-refractivity contribution in [3.63, 3.8) is 0 Å². The Morgan fingerprint density at radius 3 is 2.29 bits per heavy atom. The first-order valence-electron chi connectivity index (χ1n) is 17.7. The van der Waals surface area contributed by atoms with Crippen LogP contribution in [0.4, 0.5) is 0 Å². The van der Waals surface area contributed by atoms with E-state index in [-0.39, 0.29) is 56.5 Å². The molecule has 52 heavy (non-hydrogen) atoms. The highest BCUT2D eigenvalue weighted by atomic mass is 16.3. The molecule has 0 radical (unpaired) electrons. The van der Waals surface area contributed by atoms with Crippen LogP contribution >= 0.6 is 0 Å². The number of aliphatic hydroxyl groups excluding tert-OH is 1. The van der Waals surface area contributed by atoms with Crippen molar-refractivity contribution >= 4 is 41.4 Å². The van der Waals surface area contributed by atoms with Gasteiger partial charge in [0.25, 0.3) is 5.91 Å². The molecule has 7 amide bonds. The fourth-order valence-electron chi connectivity index (χ4n) is 6.87. The normalized spacial score (nSPS) is 25.9. The van der Waals surface area contributed by atoms with Gasteiger partial charge in [-0.05, 0) is 42.9 Å². The van der Waals surface area contributed by atoms with Crippen molar-refractivity contribution in [1.82, 2.24) is 36.4 Å². The minimum Gasteiger partial charge on any atom is -0.394 e. The second kappa shape index (κ2) is 16.8. The Morgan fingerprint density at radius 1 is 0.885 bits per heavy atom. The van der Waals surface area contributed by atoms with Crippen LogP contribution in [0.3, 0.4) is 0 Å². The van der Waals surface area contributed by atoms with Gasteiger partial charge in [-0.1, -0.05) is 62.4 Å². The predicted molar refractivity (Wildman–Crippen MR) is 188 cm³/mol. The van der Waals surface area contributed by atoms with Crippen LogP contribution in [0.15, 0.2) is 54.6 Å². The van der Waals surface area contributed by atoms with Crippen LogP contribution in [-0.4, -0.2) is 106 Å². The first kappa shape index (κ1) is 37.9. The van der Waals surface area contributed by atoms with E-state index < -0.39 is 72.4 Å². The Balaban J connectivity index is 1.34. The molecule has 278 valence electrons. The van der Waals surface area contributed by atoms with E-state index in [1.807, 2.05) is 26.0 Å². The Labute approximate surface area is 302 Å². The lowest BCUT2D eigenvalue weighted by atomic mass is 10.00. The fraction of sp³-hybridized carbons (Fsp3) is 0.486. The summed E-state index contributed by atoms with van der Waals surface area (Å²) in [5.74, 6) is -3.82. The average Bonchev–Trinajstić information content (AvgIpc) is 3.69. The third-order valence-corrected chi connectivity index (χ3v) is 9.57. The van der Waals surface area contributed by atoms with E-state index in [1.54, 1.807) is 47.4 Å². The molecule has 15 heteroatoms. The Morgan fingerprint density at radius 2 is 1.60 bits per heavy atom. The van der Waals surface area contributed by atoms with E-state index in [4.69, 9.17) is 0 Å². The van der Waals surface area contributed by atoms with Gasteiger partial charge in [-0.15, -0.1) is 0 Å². The minimum absolute atomic E-state index is 0.00347. The SMILES string of the molecule is CC(C)C[C@@H]1NC(=O)C[C@H](c2ccccc2)NC(=O)[C@H](C)NC(=O)[C@@H]2C[C@H](NC(=O)CCN3Cc4ccccc4C3=O)CN2C(=O)[C@@H](CO)NC1=O. The highest BCUT2D eigenvalue weighted by Crippen LogP contribution is 2.24. The predicted octanol–water partition coefficient (Wildman–Crippen LogP) is -0.108. The first-order chi connectivity index (χ1) is 24.8. The number of nitrogens with one attached hydrogen (secondary N) is 5. The van der Waals surface area contributed by atoms with Crippen LogP contribution in [0.1, 0.15) is 74.0 Å². The highest BCUT2D eigenvalue weighted by Gasteiger charge is 2.43. The molecule has 0 aliphatic carbocycles. The van der Waals surface area contributed by atoms with Crippen molar-refractivity contribution in [2.24, 2.45) is 5.92 Å². The fourth-order valence-corrected chi connectivity index (χ4v) is 6.87. The molecule has 6 atom stereocenters. The summed E-state index contributed by atoms with van der Waals surface area (Å²) in [6, 6.07) is 9.84. The summed E-state index contributed by atoms with van der Waals surface area (Å²) in [5, 5.41) is 23.9. The molecule has 3 aliphatic rings. The van der Waals surface area contributed by atoms with E-state index in [0.717, 1.165) is 5.56 Å². The van der Waals surface area contributed by atoms with Crippen LogP contribution in [0.2, 0.25) is 0 Å². The zero-order chi connectivity index (χ0) is 37.5. The van der Waals surface area contributed by atoms with Crippen LogP contribution in [-0.2, 0) is 35.3 Å². The van der Waals surface area contributed by atoms with E-state index in [1.165, 1.54) is 11.8 Å². The van der Waals surface area contributed by atoms with Gasteiger partial charge in [0.2, 0.25) is 35.4 Å². The second-order valence-electron chi connectivity index (χ2n) is 14.0. The number of hydrogen-bond donors (Lipinski definition) is 6. The van der Waals surface area contributed by atoms with Crippen molar-refractivity contribution in [1.29, 1.82) is 0 Å². The molecule has 2 aromatic carbocycles. The molecule has 0 spiro atoms. The zero-order valence-corrected chi connectivity index (χ0v) is 29.6. The number of nitrogens with zero attached hydrogens (tertiary/aromatic N) is 2. The van der Waals surface area contributed by atoms with Gasteiger partial charge >= 0.3 is 0 Å². The molecular weight excluding hydrogens is 670 g/mol. The van der Waals surface area contributed by atoms with Crippen molar-refractivity contribution in [3.8, 4) is 0 Å². The molecule has 15 nitrogen and oxygen atoms in total. The van der Waals surface area contributed by atoms with E-state index in [0.29, 0.717) is 17.7 Å². The Bertz CT molecular complexity index is 1680. The number of hydrogen-bond acceptors (Lipinski definition) is 8. The van der Waals surface area contributed by atoms with Crippen LogP contribution in [0, 0.1) is 5.92 Å². The molecule has 6 N–H and O–H groups in total. The van der Waals surface area contributed by atoms with Crippen LogP contribution < -0.4 is 26.6 Å². The molecule has 0 unspecified atom stereocenters. The van der Waals surface area contributed by atoms with E-state index >= 15 is 0 Å². The minimum atomic E-state index is -1.46. The van der Waals surface area contributed by atoms with Crippen molar-refractivity contribution in [3.05, 3.63) is 71.3 Å². The van der Waals surface area contributed by atoms with Crippen molar-refractivity contribution < 1.29 is 38.7 Å². The number of benzene rings is 2. The number of aliphatic hydroxyl groups is 1. The lowest BCUT2D eigenvalue weighted by Crippen LogP contribution is -2.59. The molecule has 0 aromatic heterocycles. The van der Waals surface area contributed by atoms with Crippen molar-refractivity contribution in [2.75, 3.05) is 19.7 Å². The summed E-state index contributed by atoms with van der Waals surface area (Å²) in [5.41, 5.74) is 2.13. The largest absolute Gasteiger partial charge is 0.394 e. The Hall–Kier alpha value is -5.31. The number of carbonyl (C=O) groups excluding carboxylic acids is 7. The van der Waals surface area contributed by atoms with Crippen LogP contribution in [0.5, 0.6) is 0 Å². The van der Waals surface area contributed by atoms with Gasteiger partial charge in [-0.2, -0.15) is 0 Å². The summed E-state index contributed by atoms with van der Waals surface area (Å²) < 4.78 is 0. The maximum Gasteiger partial charge on any atom is 0.254 e. The second-order valence-corrected chi connectivity index (χ2v) is 14.0. The van der Waals surface area contributed by atoms with Gasteiger partial charge in [-0.3, -0.25) is 33.6 Å². The standard InChI is InChI=1S/C37H47N7O8/c1-21(2)15-28-34(49)42-29(20-45)37(52)44-19-25(39-31(46)13-14-43-18-24-11-7-8-12-26(24)36(43)51)16-30(44)35(50)38-22(3)33(48)41-27(17-32(47)40-28)23-9-5-4-6-10-23/h4-12,21-22,25,27-30,45H,13-20H2,1-3H3,(H,38,50)(H,39,46)(H,40,47)(H,41,48)(H,42,49)/t22-,25-,27+,28-,29+,30-/m0/s1. The summed E-state index contributed by atoms with van der Waals surface area (Å²) in [6.45, 7) is 4.86. The van der Waals surface area contributed by atoms with Gasteiger partial charge in [0.15, 0.2) is 0 Å². The molecule has 2 saturated heterocycles. The number of carbonyl (C=O) groups is 7. The van der Waals surface area contributed by atoms with Crippen LogP contribution in [0.25, 0.3) is 0 Å². The molecule has 0 bridgehead atoms. The summed E-state index contributed by atoms with van der Waals surface area (Å²) >= 11 is 0. The van der Waals surface area contributed by atoms with Gasteiger partial charge in [0, 0.05) is 37.7 Å². The van der Waals surface area contributed by atoms with Gasteiger partial charge in [0.1, 0.15) is 24.2 Å². The molecule has 2 aromatic rings. The number of rotatable bonds is 8.